The van der Waals surface area contributed by atoms with Crippen LogP contribution in [0.1, 0.15) is 31.4 Å². The van der Waals surface area contributed by atoms with Crippen molar-refractivity contribution >= 4 is 39.8 Å². The highest BCUT2D eigenvalue weighted by Crippen LogP contribution is 2.41. The summed E-state index contributed by atoms with van der Waals surface area (Å²) in [4.78, 5) is 27.9. The lowest BCUT2D eigenvalue weighted by molar-refractivity contribution is -0.176. The van der Waals surface area contributed by atoms with E-state index in [9.17, 15) is 18.0 Å². The fourth-order valence-electron chi connectivity index (χ4n) is 4.87. The number of aryl methyl sites for hydroxylation is 1. The highest BCUT2D eigenvalue weighted by Gasteiger charge is 2.43. The normalized spacial score (nSPS) is 23.2. The summed E-state index contributed by atoms with van der Waals surface area (Å²) < 4.78 is 39.9. The molecule has 2 fully saturated rings. The summed E-state index contributed by atoms with van der Waals surface area (Å²) in [6.07, 6.45) is -1.79. The van der Waals surface area contributed by atoms with Crippen molar-refractivity contribution in [3.05, 3.63) is 23.2 Å². The Morgan fingerprint density at radius 2 is 1.91 bits per heavy atom. The molecule has 2 bridgehead atoms. The second-order valence-electron chi connectivity index (χ2n) is 8.68. The van der Waals surface area contributed by atoms with Crippen molar-refractivity contribution in [3.63, 3.8) is 0 Å². The first kappa shape index (κ1) is 21.3. The Balaban J connectivity index is 1.46. The number of halogens is 3. The molecule has 7 nitrogen and oxygen atoms in total. The zero-order valence-electron chi connectivity index (χ0n) is 17.7. The molecule has 1 N–H and O–H groups in total. The van der Waals surface area contributed by atoms with Crippen LogP contribution in [0, 0.1) is 12.8 Å². The van der Waals surface area contributed by atoms with Crippen LogP contribution >= 0.6 is 11.3 Å². The zero-order chi connectivity index (χ0) is 22.5. The first-order chi connectivity index (χ1) is 15.3. The van der Waals surface area contributed by atoms with Gasteiger partial charge in [0.15, 0.2) is 10.9 Å². The monoisotopic (exact) mass is 466 g/mol. The summed E-state index contributed by atoms with van der Waals surface area (Å²) in [5, 5.41) is 5.26. The van der Waals surface area contributed by atoms with Crippen molar-refractivity contribution in [2.75, 3.05) is 46.2 Å². The number of amides is 2. The topological polar surface area (TPSA) is 64.6 Å². The van der Waals surface area contributed by atoms with Crippen LogP contribution in [0.25, 0.3) is 0 Å². The Bertz CT molecular complexity index is 1010. The highest BCUT2D eigenvalue weighted by atomic mass is 32.1. The number of alkyl halides is 3. The van der Waals surface area contributed by atoms with Gasteiger partial charge in [0, 0.05) is 31.6 Å². The molecule has 2 saturated heterocycles. The molecule has 5 rings (SSSR count). The Morgan fingerprint density at radius 1 is 1.12 bits per heavy atom. The molecule has 1 unspecified atom stereocenters. The van der Waals surface area contributed by atoms with Crippen molar-refractivity contribution in [2.45, 2.75) is 44.8 Å². The zero-order valence-corrected chi connectivity index (χ0v) is 18.5. The van der Waals surface area contributed by atoms with Crippen LogP contribution in [0.4, 0.5) is 40.4 Å². The fraction of sp³-hybridized carbons (Fsp3) is 0.571. The van der Waals surface area contributed by atoms with E-state index in [0.29, 0.717) is 29.7 Å². The van der Waals surface area contributed by atoms with Gasteiger partial charge < -0.3 is 9.80 Å². The molecule has 3 aliphatic rings. The van der Waals surface area contributed by atoms with Gasteiger partial charge in [-0.15, -0.1) is 11.3 Å². The number of urea groups is 1. The molecule has 2 atom stereocenters. The fourth-order valence-corrected chi connectivity index (χ4v) is 5.54. The van der Waals surface area contributed by atoms with Gasteiger partial charge in [-0.2, -0.15) is 13.2 Å². The van der Waals surface area contributed by atoms with Crippen LogP contribution < -0.4 is 20.0 Å². The van der Waals surface area contributed by atoms with Gasteiger partial charge in [0.05, 0.1) is 23.3 Å². The third-order valence-electron chi connectivity index (χ3n) is 6.43. The molecular formula is C21H25F3N6OS. The van der Waals surface area contributed by atoms with E-state index in [-0.39, 0.29) is 25.0 Å². The van der Waals surface area contributed by atoms with Gasteiger partial charge in [-0.25, -0.2) is 14.8 Å². The number of fused-ring (bicyclic) bond motifs is 4. The van der Waals surface area contributed by atoms with Crippen molar-refractivity contribution in [2.24, 2.45) is 5.92 Å². The molecule has 32 heavy (non-hydrogen) atoms. The minimum Gasteiger partial charge on any atom is -0.366 e. The number of pyridine rings is 1. The number of carbonyl (C=O) groups excluding carboxylic acids is 1. The molecule has 2 aromatic heterocycles. The highest BCUT2D eigenvalue weighted by molar-refractivity contribution is 7.13. The molecule has 3 aliphatic heterocycles. The van der Waals surface area contributed by atoms with E-state index in [1.165, 1.54) is 11.3 Å². The summed E-state index contributed by atoms with van der Waals surface area (Å²) in [5.74, 6) is -0.357. The van der Waals surface area contributed by atoms with E-state index in [4.69, 9.17) is 4.98 Å². The average molecular weight is 467 g/mol. The summed E-state index contributed by atoms with van der Waals surface area (Å²) in [5.41, 5.74) is 1.68. The molecule has 0 radical (unpaired) electrons. The van der Waals surface area contributed by atoms with E-state index in [1.807, 2.05) is 18.4 Å². The molecule has 2 amide bonds. The van der Waals surface area contributed by atoms with Crippen LogP contribution in [0.3, 0.4) is 0 Å². The lowest BCUT2D eigenvalue weighted by Gasteiger charge is -2.46. The second-order valence-corrected chi connectivity index (χ2v) is 9.53. The van der Waals surface area contributed by atoms with E-state index < -0.39 is 12.1 Å². The van der Waals surface area contributed by atoms with Gasteiger partial charge in [-0.3, -0.25) is 10.2 Å². The number of aromatic nitrogens is 2. The molecular weight excluding hydrogens is 441 g/mol. The Kier molecular flexibility index (Phi) is 5.39. The summed E-state index contributed by atoms with van der Waals surface area (Å²) >= 11 is 1.36. The van der Waals surface area contributed by atoms with Crippen LogP contribution in [0.5, 0.6) is 0 Å². The lowest BCUT2D eigenvalue weighted by atomic mass is 9.97. The van der Waals surface area contributed by atoms with Gasteiger partial charge in [0.2, 0.25) is 0 Å². The van der Waals surface area contributed by atoms with Crippen LogP contribution in [0.15, 0.2) is 17.5 Å². The maximum Gasteiger partial charge on any atom is 0.393 e. The minimum atomic E-state index is -4.21. The standard InChI is InChI=1S/C21H25F3N6OS/c1-13-12-32-19(25-13)27-20(31)30-15-5-3-8-28(11-15)16-6-7-17(26-18(16)30)29-9-2-4-14(10-29)21(22,23)24/h6-7,12,14-15H,2-5,8-11H2,1H3,(H,25,27,31)/t14?,15-/m1/s1. The van der Waals surface area contributed by atoms with Gasteiger partial charge in [0.1, 0.15) is 5.82 Å². The predicted molar refractivity (Wildman–Crippen MR) is 119 cm³/mol. The Morgan fingerprint density at radius 3 is 2.66 bits per heavy atom. The minimum absolute atomic E-state index is 0.0376. The first-order valence-corrected chi connectivity index (χ1v) is 11.8. The predicted octanol–water partition coefficient (Wildman–Crippen LogP) is 4.65. The number of piperidine rings is 2. The summed E-state index contributed by atoms with van der Waals surface area (Å²) in [7, 11) is 0. The van der Waals surface area contributed by atoms with Crippen molar-refractivity contribution in [3.8, 4) is 0 Å². The average Bonchev–Trinajstić information content (AvgIpc) is 3.17. The SMILES string of the molecule is Cc1csc(NC(=O)N2c3nc(N4CCCC(C(F)(F)F)C4)ccc3N3CCC[C@@H]2C3)n1. The van der Waals surface area contributed by atoms with Crippen LogP contribution in [-0.2, 0) is 0 Å². The number of thiazole rings is 1. The smallest absolute Gasteiger partial charge is 0.366 e. The lowest BCUT2D eigenvalue weighted by Crippen LogP contribution is -2.56. The van der Waals surface area contributed by atoms with Crippen molar-refractivity contribution in [1.29, 1.82) is 0 Å². The maximum absolute atomic E-state index is 13.3. The third kappa shape index (κ3) is 3.98. The third-order valence-corrected chi connectivity index (χ3v) is 7.31. The Labute approximate surface area is 188 Å². The molecule has 0 spiro atoms. The van der Waals surface area contributed by atoms with Crippen LogP contribution in [-0.4, -0.2) is 54.4 Å². The van der Waals surface area contributed by atoms with Gasteiger partial charge in [-0.1, -0.05) is 0 Å². The number of nitrogens with one attached hydrogen (secondary N) is 1. The van der Waals surface area contributed by atoms with Crippen molar-refractivity contribution < 1.29 is 18.0 Å². The molecule has 0 aliphatic carbocycles. The number of hydrogen-bond donors (Lipinski definition) is 1. The van der Waals surface area contributed by atoms with E-state index >= 15 is 0 Å². The molecule has 5 heterocycles. The van der Waals surface area contributed by atoms with Gasteiger partial charge in [-0.05, 0) is 44.7 Å². The summed E-state index contributed by atoms with van der Waals surface area (Å²) in [6, 6.07) is 3.34. The molecule has 172 valence electrons. The molecule has 0 aromatic carbocycles. The number of nitrogens with zero attached hydrogens (tertiary/aromatic N) is 5. The molecule has 11 heteroatoms. The second kappa shape index (κ2) is 8.09. The quantitative estimate of drug-likeness (QED) is 0.698. The van der Waals surface area contributed by atoms with Gasteiger partial charge in [0.25, 0.3) is 0 Å². The van der Waals surface area contributed by atoms with E-state index in [1.54, 1.807) is 15.9 Å². The molecule has 2 aromatic rings. The summed E-state index contributed by atoms with van der Waals surface area (Å²) in [6.45, 7) is 3.88. The van der Waals surface area contributed by atoms with Crippen molar-refractivity contribution in [1.82, 2.24) is 9.97 Å². The number of rotatable bonds is 2. The van der Waals surface area contributed by atoms with E-state index in [2.05, 4.69) is 15.2 Å². The van der Waals surface area contributed by atoms with Gasteiger partial charge >= 0.3 is 12.2 Å². The number of anilines is 4. The van der Waals surface area contributed by atoms with Crippen LogP contribution in [0.2, 0.25) is 0 Å². The Hall–Kier alpha value is -2.56. The first-order valence-electron chi connectivity index (χ1n) is 10.9. The largest absolute Gasteiger partial charge is 0.393 e. The number of hydrogen-bond acceptors (Lipinski definition) is 6. The molecule has 0 saturated carbocycles. The number of carbonyl (C=O) groups is 1. The maximum atomic E-state index is 13.3. The van der Waals surface area contributed by atoms with E-state index in [0.717, 1.165) is 37.3 Å².